The smallest absolute Gasteiger partial charge is 0.125 e. The van der Waals surface area contributed by atoms with Crippen LogP contribution < -0.4 is 14.2 Å². The summed E-state index contributed by atoms with van der Waals surface area (Å²) in [6.45, 7) is 9.46. The molecule has 0 fully saturated rings. The first-order valence-electron chi connectivity index (χ1n) is 9.99. The van der Waals surface area contributed by atoms with Crippen molar-refractivity contribution in [3.8, 4) is 17.2 Å². The Labute approximate surface area is 179 Å². The summed E-state index contributed by atoms with van der Waals surface area (Å²) in [5.74, 6) is 2.55. The van der Waals surface area contributed by atoms with Gasteiger partial charge >= 0.3 is 0 Å². The molecule has 0 aliphatic heterocycles. The summed E-state index contributed by atoms with van der Waals surface area (Å²) in [6, 6.07) is 11.7. The Morgan fingerprint density at radius 3 is 2.00 bits per heavy atom. The minimum absolute atomic E-state index is 0.476. The van der Waals surface area contributed by atoms with Gasteiger partial charge in [-0.25, -0.2) is 0 Å². The van der Waals surface area contributed by atoms with E-state index < -0.39 is 0 Å². The second-order valence-corrected chi connectivity index (χ2v) is 6.74. The van der Waals surface area contributed by atoms with Crippen molar-refractivity contribution in [2.24, 2.45) is 5.16 Å². The summed E-state index contributed by atoms with van der Waals surface area (Å²) >= 11 is 0. The van der Waals surface area contributed by atoms with E-state index in [-0.39, 0.29) is 0 Å². The lowest BCUT2D eigenvalue weighted by Crippen LogP contribution is -2.01. The Morgan fingerprint density at radius 2 is 1.40 bits per heavy atom. The highest BCUT2D eigenvalue weighted by molar-refractivity contribution is 5.98. The first-order valence-corrected chi connectivity index (χ1v) is 9.99. The van der Waals surface area contributed by atoms with E-state index in [2.05, 4.69) is 5.16 Å². The van der Waals surface area contributed by atoms with Crippen LogP contribution >= 0.6 is 0 Å². The van der Waals surface area contributed by atoms with Crippen molar-refractivity contribution in [1.82, 2.24) is 0 Å². The van der Waals surface area contributed by atoms with Gasteiger partial charge in [0.05, 0.1) is 5.71 Å². The first kappa shape index (κ1) is 23.1. The second kappa shape index (κ2) is 12.4. The van der Waals surface area contributed by atoms with E-state index in [0.29, 0.717) is 19.8 Å². The molecule has 0 saturated heterocycles. The van der Waals surface area contributed by atoms with Crippen LogP contribution in [0.1, 0.15) is 30.5 Å². The van der Waals surface area contributed by atoms with Gasteiger partial charge in [-0.1, -0.05) is 17.3 Å². The van der Waals surface area contributed by atoms with Gasteiger partial charge in [0.25, 0.3) is 0 Å². The molecule has 5 heteroatoms. The van der Waals surface area contributed by atoms with Crippen molar-refractivity contribution in [3.63, 3.8) is 0 Å². The highest BCUT2D eigenvalue weighted by atomic mass is 16.6. The zero-order chi connectivity index (χ0) is 21.8. The maximum Gasteiger partial charge on any atom is 0.125 e. The lowest BCUT2D eigenvalue weighted by molar-refractivity contribution is 0.213. The van der Waals surface area contributed by atoms with Gasteiger partial charge in [0, 0.05) is 0 Å². The third-order valence-electron chi connectivity index (χ3n) is 4.35. The Bertz CT molecular complexity index is 860. The number of allylic oxidation sites excluding steroid dienone is 1. The normalized spacial score (nSPS) is 11.8. The molecule has 0 unspecified atom stereocenters. The van der Waals surface area contributed by atoms with Crippen LogP contribution in [0, 0.1) is 13.8 Å². The van der Waals surface area contributed by atoms with Gasteiger partial charge in [0.2, 0.25) is 0 Å². The predicted molar refractivity (Wildman–Crippen MR) is 122 cm³/mol. The van der Waals surface area contributed by atoms with Crippen molar-refractivity contribution in [3.05, 3.63) is 77.4 Å². The average Bonchev–Trinajstić information content (AvgIpc) is 2.73. The maximum atomic E-state index is 5.93. The zero-order valence-corrected chi connectivity index (χ0v) is 18.5. The third-order valence-corrected chi connectivity index (χ3v) is 4.35. The molecule has 2 aromatic rings. The van der Waals surface area contributed by atoms with Gasteiger partial charge in [-0.15, -0.1) is 0 Å². The van der Waals surface area contributed by atoms with Crippen molar-refractivity contribution in [1.29, 1.82) is 0 Å². The topological polar surface area (TPSA) is 49.3 Å². The molecule has 0 saturated carbocycles. The minimum atomic E-state index is 0.476. The summed E-state index contributed by atoms with van der Waals surface area (Å²) < 4.78 is 17.4. The summed E-state index contributed by atoms with van der Waals surface area (Å²) in [4.78, 5) is 4.79. The number of hydrogen-bond donors (Lipinski definition) is 0. The van der Waals surface area contributed by atoms with Crippen LogP contribution in [0.2, 0.25) is 0 Å². The summed E-state index contributed by atoms with van der Waals surface area (Å²) in [6.07, 6.45) is 7.86. The van der Waals surface area contributed by atoms with Crippen LogP contribution in [0.5, 0.6) is 17.2 Å². The molecular formula is C25H31NO4. The Morgan fingerprint density at radius 1 is 0.833 bits per heavy atom. The standard InChI is InChI=1S/C25H31NO4/c1-6-7-14-29-24-17-19(2)25(20(3)18-24)30-16-9-8-15-28-23-12-10-22(11-13-23)21(4)26-27-5/h6-13,17-18H,14-16H2,1-5H3/b7-6+,9-8+,26-21+. The van der Waals surface area contributed by atoms with Crippen molar-refractivity contribution in [2.45, 2.75) is 27.7 Å². The zero-order valence-electron chi connectivity index (χ0n) is 18.5. The van der Waals surface area contributed by atoms with E-state index >= 15 is 0 Å². The summed E-state index contributed by atoms with van der Waals surface area (Å²) in [5.41, 5.74) is 3.94. The lowest BCUT2D eigenvalue weighted by atomic mass is 10.1. The van der Waals surface area contributed by atoms with Crippen molar-refractivity contribution in [2.75, 3.05) is 26.9 Å². The number of benzene rings is 2. The minimum Gasteiger partial charge on any atom is -0.490 e. The molecule has 0 aliphatic rings. The van der Waals surface area contributed by atoms with Crippen LogP contribution in [0.4, 0.5) is 0 Å². The molecule has 5 nitrogen and oxygen atoms in total. The van der Waals surface area contributed by atoms with E-state index in [1.165, 1.54) is 7.11 Å². The van der Waals surface area contributed by atoms with E-state index in [0.717, 1.165) is 39.7 Å². The number of aryl methyl sites for hydroxylation is 2. The van der Waals surface area contributed by atoms with Gasteiger partial charge in [-0.2, -0.15) is 0 Å². The lowest BCUT2D eigenvalue weighted by Gasteiger charge is -2.13. The number of nitrogens with zero attached hydrogens (tertiary/aromatic N) is 1. The number of ether oxygens (including phenoxy) is 3. The molecule has 0 bridgehead atoms. The molecule has 160 valence electrons. The Kier molecular flexibility index (Phi) is 9.52. The molecule has 0 amide bonds. The molecule has 0 heterocycles. The molecule has 2 aromatic carbocycles. The van der Waals surface area contributed by atoms with Crippen LogP contribution in [-0.2, 0) is 4.84 Å². The summed E-state index contributed by atoms with van der Waals surface area (Å²) in [5, 5.41) is 3.92. The van der Waals surface area contributed by atoms with Crippen LogP contribution in [-0.4, -0.2) is 32.6 Å². The highest BCUT2D eigenvalue weighted by Crippen LogP contribution is 2.28. The number of oxime groups is 1. The fourth-order valence-corrected chi connectivity index (χ4v) is 2.86. The van der Waals surface area contributed by atoms with Crippen LogP contribution in [0.15, 0.2) is 65.9 Å². The maximum absolute atomic E-state index is 5.93. The van der Waals surface area contributed by atoms with Gasteiger partial charge in [-0.05, 0) is 92.9 Å². The Hall–Kier alpha value is -3.21. The third kappa shape index (κ3) is 7.32. The molecule has 0 radical (unpaired) electrons. The SMILES string of the molecule is C/C=C/COc1cc(C)c(OC/C=C/COc2ccc(/C(C)=N/OC)cc2)c(C)c1. The van der Waals surface area contributed by atoms with E-state index in [9.17, 15) is 0 Å². The quantitative estimate of drug-likeness (QED) is 0.274. The monoisotopic (exact) mass is 409 g/mol. The van der Waals surface area contributed by atoms with Gasteiger partial charge in [-0.3, -0.25) is 0 Å². The van der Waals surface area contributed by atoms with Gasteiger partial charge in [0.1, 0.15) is 44.2 Å². The second-order valence-electron chi connectivity index (χ2n) is 6.74. The van der Waals surface area contributed by atoms with E-state index in [1.807, 2.05) is 88.4 Å². The van der Waals surface area contributed by atoms with Crippen molar-refractivity contribution >= 4 is 5.71 Å². The van der Waals surface area contributed by atoms with E-state index in [1.54, 1.807) is 0 Å². The van der Waals surface area contributed by atoms with Gasteiger partial charge in [0.15, 0.2) is 0 Å². The fourth-order valence-electron chi connectivity index (χ4n) is 2.86. The molecular weight excluding hydrogens is 378 g/mol. The molecule has 0 N–H and O–H groups in total. The molecule has 0 spiro atoms. The molecule has 2 rings (SSSR count). The molecule has 0 aromatic heterocycles. The molecule has 0 aliphatic carbocycles. The predicted octanol–water partition coefficient (Wildman–Crippen LogP) is 5.64. The van der Waals surface area contributed by atoms with E-state index in [4.69, 9.17) is 19.0 Å². The Balaban J connectivity index is 1.79. The van der Waals surface area contributed by atoms with Crippen LogP contribution in [0.3, 0.4) is 0 Å². The fraction of sp³-hybridized carbons (Fsp3) is 0.320. The average molecular weight is 410 g/mol. The number of rotatable bonds is 11. The molecule has 30 heavy (non-hydrogen) atoms. The van der Waals surface area contributed by atoms with Crippen LogP contribution in [0.25, 0.3) is 0 Å². The first-order chi connectivity index (χ1) is 14.5. The largest absolute Gasteiger partial charge is 0.490 e. The molecule has 0 atom stereocenters. The summed E-state index contributed by atoms with van der Waals surface area (Å²) in [7, 11) is 1.54. The van der Waals surface area contributed by atoms with Crippen molar-refractivity contribution < 1.29 is 19.0 Å². The highest BCUT2D eigenvalue weighted by Gasteiger charge is 2.06. The number of hydrogen-bond acceptors (Lipinski definition) is 5. The van der Waals surface area contributed by atoms with Gasteiger partial charge < -0.3 is 19.0 Å².